The van der Waals surface area contributed by atoms with Gasteiger partial charge in [0.15, 0.2) is 0 Å². The molecule has 0 unspecified atom stereocenters. The fraction of sp³-hybridized carbons (Fsp3) is 0. The monoisotopic (exact) mass is 166 g/mol. The quantitative estimate of drug-likeness (QED) is 0.272. The summed E-state index contributed by atoms with van der Waals surface area (Å²) in [5, 5.41) is 0. The Morgan fingerprint density at radius 1 is 0.833 bits per heavy atom. The predicted molar refractivity (Wildman–Crippen MR) is 30.7 cm³/mol. The molecule has 0 saturated heterocycles. The van der Waals surface area contributed by atoms with Gasteiger partial charge in [0.05, 0.1) is 0 Å². The van der Waals surface area contributed by atoms with Gasteiger partial charge < -0.3 is 14.7 Å². The second-order valence-electron chi connectivity index (χ2n) is 0.268. The first-order chi connectivity index (χ1) is 1.73. The summed E-state index contributed by atoms with van der Waals surface area (Å²) in [6, 6.07) is 0. The SMILES string of the molecule is OP(O)O.[CaH2].[CaH2]. The van der Waals surface area contributed by atoms with Crippen LogP contribution in [0.4, 0.5) is 0 Å². The Kier molecular flexibility index (Phi) is 28.5. The Labute approximate surface area is 96.7 Å². The van der Waals surface area contributed by atoms with Crippen molar-refractivity contribution < 1.29 is 14.7 Å². The van der Waals surface area contributed by atoms with E-state index in [1.165, 1.54) is 0 Å². The topological polar surface area (TPSA) is 60.7 Å². The number of rotatable bonds is 0. The van der Waals surface area contributed by atoms with E-state index < -0.39 is 8.60 Å². The Morgan fingerprint density at radius 2 is 0.833 bits per heavy atom. The van der Waals surface area contributed by atoms with Gasteiger partial charge in [0.25, 0.3) is 0 Å². The molecule has 0 aromatic heterocycles. The van der Waals surface area contributed by atoms with Crippen LogP contribution in [0.15, 0.2) is 0 Å². The van der Waals surface area contributed by atoms with Crippen LogP contribution in [0.25, 0.3) is 0 Å². The Hall–Kier alpha value is 2.83. The van der Waals surface area contributed by atoms with Crippen molar-refractivity contribution in [1.82, 2.24) is 0 Å². The van der Waals surface area contributed by atoms with Gasteiger partial charge in [0.1, 0.15) is 0 Å². The van der Waals surface area contributed by atoms with Gasteiger partial charge in [-0.1, -0.05) is 0 Å². The van der Waals surface area contributed by atoms with Gasteiger partial charge in [0, 0.05) is 0 Å². The zero-order chi connectivity index (χ0) is 3.58. The van der Waals surface area contributed by atoms with Crippen LogP contribution in [0.5, 0.6) is 0 Å². The van der Waals surface area contributed by atoms with E-state index >= 15 is 0 Å². The molecule has 34 valence electrons. The van der Waals surface area contributed by atoms with Crippen LogP contribution in [0.3, 0.4) is 0 Å². The Balaban J connectivity index is -0.0000000450. The molecule has 0 radical (unpaired) electrons. The third-order valence-electron chi connectivity index (χ3n) is 0. The molecule has 0 amide bonds. The first-order valence-electron chi connectivity index (χ1n) is 0.600. The summed E-state index contributed by atoms with van der Waals surface area (Å²) >= 11 is 0. The van der Waals surface area contributed by atoms with Crippen LogP contribution in [-0.2, 0) is 0 Å². The van der Waals surface area contributed by atoms with Crippen LogP contribution in [0.2, 0.25) is 0 Å². The van der Waals surface area contributed by atoms with Crippen molar-refractivity contribution in [3.63, 3.8) is 0 Å². The maximum atomic E-state index is 7.23. The third-order valence-corrected chi connectivity index (χ3v) is 0. The summed E-state index contributed by atoms with van der Waals surface area (Å²) in [6.45, 7) is 0. The van der Waals surface area contributed by atoms with Crippen molar-refractivity contribution in [2.75, 3.05) is 0 Å². The van der Waals surface area contributed by atoms with E-state index in [0.29, 0.717) is 0 Å². The fourth-order valence-corrected chi connectivity index (χ4v) is 0. The molecule has 0 aliphatic heterocycles. The summed E-state index contributed by atoms with van der Waals surface area (Å²) in [4.78, 5) is 21.7. The summed E-state index contributed by atoms with van der Waals surface area (Å²) < 4.78 is 0. The average molecular weight is 166 g/mol. The molecular weight excluding hydrogens is 159 g/mol. The molecule has 0 aliphatic rings. The van der Waals surface area contributed by atoms with Crippen molar-refractivity contribution in [3.8, 4) is 0 Å². The van der Waals surface area contributed by atoms with Gasteiger partial charge in [-0.25, -0.2) is 0 Å². The molecule has 0 saturated carbocycles. The van der Waals surface area contributed by atoms with Crippen LogP contribution in [0, 0.1) is 0 Å². The molecule has 0 atom stereocenters. The molecule has 0 aliphatic carbocycles. The zero-order valence-corrected chi connectivity index (χ0v) is 2.68. The minimum absolute atomic E-state index is 0. The molecule has 6 heavy (non-hydrogen) atoms. The fourth-order valence-electron chi connectivity index (χ4n) is 0. The van der Waals surface area contributed by atoms with Crippen molar-refractivity contribution in [1.29, 1.82) is 0 Å². The van der Waals surface area contributed by atoms with Crippen molar-refractivity contribution in [2.24, 2.45) is 0 Å². The van der Waals surface area contributed by atoms with E-state index in [1.807, 2.05) is 0 Å². The van der Waals surface area contributed by atoms with Crippen LogP contribution >= 0.6 is 8.60 Å². The normalized spacial score (nSPS) is 6.00. The second kappa shape index (κ2) is 10.7. The Morgan fingerprint density at radius 3 is 0.833 bits per heavy atom. The summed E-state index contributed by atoms with van der Waals surface area (Å²) in [5.74, 6) is 0. The molecule has 6 heteroatoms. The standard InChI is InChI=1S/2Ca.H3O3P.4H/c;;1-4(2)3;;;;/h;;1-3H;;;;. The first kappa shape index (κ1) is 15.9. The van der Waals surface area contributed by atoms with Gasteiger partial charge in [-0.3, -0.25) is 0 Å². The van der Waals surface area contributed by atoms with Gasteiger partial charge in [-0.2, -0.15) is 0 Å². The third kappa shape index (κ3) is 29.0. The van der Waals surface area contributed by atoms with Gasteiger partial charge in [0.2, 0.25) is 0 Å². The van der Waals surface area contributed by atoms with E-state index in [0.717, 1.165) is 0 Å². The van der Waals surface area contributed by atoms with Crippen molar-refractivity contribution in [2.45, 2.75) is 0 Å². The molecule has 0 bridgehead atoms. The van der Waals surface area contributed by atoms with E-state index in [1.54, 1.807) is 0 Å². The summed E-state index contributed by atoms with van der Waals surface area (Å²) in [5.41, 5.74) is 0. The molecule has 3 N–H and O–H groups in total. The summed E-state index contributed by atoms with van der Waals surface area (Å²) in [6.07, 6.45) is 0. The van der Waals surface area contributed by atoms with Gasteiger partial charge in [-0.15, -0.1) is 0 Å². The first-order valence-corrected chi connectivity index (χ1v) is 1.80. The molecule has 0 aromatic rings. The molecule has 0 spiro atoms. The molecule has 0 rings (SSSR count). The van der Waals surface area contributed by atoms with Gasteiger partial charge >= 0.3 is 84.1 Å². The molecule has 0 aromatic carbocycles. The van der Waals surface area contributed by atoms with E-state index in [2.05, 4.69) is 0 Å². The molecule has 3 nitrogen and oxygen atoms in total. The van der Waals surface area contributed by atoms with Crippen LogP contribution < -0.4 is 0 Å². The summed E-state index contributed by atoms with van der Waals surface area (Å²) in [7, 11) is -2.62. The molecule has 0 fully saturated rings. The van der Waals surface area contributed by atoms with E-state index in [9.17, 15) is 0 Å². The number of hydrogen-bond acceptors (Lipinski definition) is 3. The van der Waals surface area contributed by atoms with E-state index in [-0.39, 0.29) is 75.5 Å². The van der Waals surface area contributed by atoms with E-state index in [4.69, 9.17) is 14.7 Å². The van der Waals surface area contributed by atoms with Crippen LogP contribution in [0.1, 0.15) is 0 Å². The van der Waals surface area contributed by atoms with Crippen molar-refractivity contribution in [3.05, 3.63) is 0 Å². The molecule has 0 heterocycles. The average Bonchev–Trinajstić information content (AvgIpc) is 0.811. The number of hydrogen-bond donors (Lipinski definition) is 3. The van der Waals surface area contributed by atoms with Crippen molar-refractivity contribution >= 4 is 84.1 Å². The second-order valence-corrected chi connectivity index (χ2v) is 0.805. The minimum atomic E-state index is -2.62. The Bertz CT molecular complexity index is 13.5. The van der Waals surface area contributed by atoms with Crippen LogP contribution in [-0.4, -0.2) is 90.2 Å². The maximum absolute atomic E-state index is 7.23. The predicted octanol–water partition coefficient (Wildman–Crippen LogP) is -2.64. The molecular formula is H7Ca2O3P. The zero-order valence-electron chi connectivity index (χ0n) is 1.79. The van der Waals surface area contributed by atoms with Gasteiger partial charge in [-0.05, 0) is 0 Å².